The van der Waals surface area contributed by atoms with E-state index in [4.69, 9.17) is 0 Å². The van der Waals surface area contributed by atoms with Crippen LogP contribution in [0.3, 0.4) is 0 Å². The molecule has 0 fully saturated rings. The minimum Gasteiger partial charge on any atom is -0.387 e. The summed E-state index contributed by atoms with van der Waals surface area (Å²) in [5.41, 5.74) is 4.40. The van der Waals surface area contributed by atoms with Crippen LogP contribution in [0, 0.1) is 6.92 Å². The number of halogens is 2. The molecule has 0 heterocycles. The summed E-state index contributed by atoms with van der Waals surface area (Å²) < 4.78 is 1.97. The summed E-state index contributed by atoms with van der Waals surface area (Å²) in [4.78, 5) is 0. The Labute approximate surface area is 135 Å². The van der Waals surface area contributed by atoms with Crippen LogP contribution < -0.4 is 0 Å². The quantitative estimate of drug-likeness (QED) is 0.690. The Bertz CT molecular complexity index is 691. The van der Waals surface area contributed by atoms with Gasteiger partial charge in [-0.15, -0.1) is 0 Å². The van der Waals surface area contributed by atoms with E-state index in [1.54, 1.807) is 0 Å². The second-order valence-electron chi connectivity index (χ2n) is 5.14. The van der Waals surface area contributed by atoms with Crippen LogP contribution in [-0.2, 0) is 0 Å². The van der Waals surface area contributed by atoms with E-state index < -0.39 is 6.10 Å². The van der Waals surface area contributed by atoms with Gasteiger partial charge in [0.15, 0.2) is 0 Å². The van der Waals surface area contributed by atoms with Gasteiger partial charge >= 0.3 is 0 Å². The fourth-order valence-electron chi connectivity index (χ4n) is 2.65. The molecule has 1 nitrogen and oxygen atoms in total. The van der Waals surface area contributed by atoms with Gasteiger partial charge in [-0.25, -0.2) is 0 Å². The molecule has 3 heteroatoms. The van der Waals surface area contributed by atoms with Gasteiger partial charge in [0.1, 0.15) is 0 Å². The molecular weight excluding hydrogens is 380 g/mol. The van der Waals surface area contributed by atoms with Gasteiger partial charge in [-0.05, 0) is 67.6 Å². The van der Waals surface area contributed by atoms with Gasteiger partial charge < -0.3 is 5.11 Å². The SMILES string of the molecule is Cc1cccc(C2C=Cc3cc(Br)c(Br)cc3C2O)c1. The highest BCUT2D eigenvalue weighted by molar-refractivity contribution is 9.13. The summed E-state index contributed by atoms with van der Waals surface area (Å²) in [6, 6.07) is 12.4. The highest BCUT2D eigenvalue weighted by atomic mass is 79.9. The number of aryl methyl sites for hydroxylation is 1. The topological polar surface area (TPSA) is 20.2 Å². The van der Waals surface area contributed by atoms with Gasteiger partial charge in [0.25, 0.3) is 0 Å². The third-order valence-electron chi connectivity index (χ3n) is 3.69. The molecule has 2 aromatic carbocycles. The van der Waals surface area contributed by atoms with E-state index in [0.29, 0.717) is 0 Å². The fourth-order valence-corrected chi connectivity index (χ4v) is 3.38. The van der Waals surface area contributed by atoms with E-state index >= 15 is 0 Å². The molecule has 1 aliphatic rings. The molecule has 102 valence electrons. The summed E-state index contributed by atoms with van der Waals surface area (Å²) in [5.74, 6) is 0.00970. The van der Waals surface area contributed by atoms with Crippen LogP contribution in [0.5, 0.6) is 0 Å². The lowest BCUT2D eigenvalue weighted by Crippen LogP contribution is -2.13. The third-order valence-corrected chi connectivity index (χ3v) is 5.54. The number of aliphatic hydroxyl groups excluding tert-OH is 1. The van der Waals surface area contributed by atoms with Gasteiger partial charge in [0, 0.05) is 14.9 Å². The minimum atomic E-state index is -0.513. The van der Waals surface area contributed by atoms with Crippen LogP contribution in [0.4, 0.5) is 0 Å². The van der Waals surface area contributed by atoms with Crippen molar-refractivity contribution in [3.63, 3.8) is 0 Å². The van der Waals surface area contributed by atoms with E-state index in [0.717, 1.165) is 25.6 Å². The summed E-state index contributed by atoms with van der Waals surface area (Å²) >= 11 is 7.01. The Morgan fingerprint density at radius 2 is 1.80 bits per heavy atom. The molecule has 0 saturated heterocycles. The van der Waals surface area contributed by atoms with Crippen LogP contribution in [0.15, 0.2) is 51.4 Å². The van der Waals surface area contributed by atoms with Crippen LogP contribution in [0.25, 0.3) is 6.08 Å². The molecule has 2 atom stereocenters. The van der Waals surface area contributed by atoms with E-state index in [2.05, 4.69) is 69.1 Å². The van der Waals surface area contributed by atoms with E-state index in [1.165, 1.54) is 5.56 Å². The standard InChI is InChI=1S/C17H14Br2O/c1-10-3-2-4-11(7-10)13-6-5-12-8-15(18)16(19)9-14(12)17(13)20/h2-9,13,17,20H,1H3. The minimum absolute atomic E-state index is 0.00970. The average molecular weight is 394 g/mol. The lowest BCUT2D eigenvalue weighted by molar-refractivity contribution is 0.160. The fraction of sp³-hybridized carbons (Fsp3) is 0.176. The van der Waals surface area contributed by atoms with Crippen molar-refractivity contribution in [1.29, 1.82) is 0 Å². The third kappa shape index (κ3) is 2.50. The van der Waals surface area contributed by atoms with Gasteiger partial charge in [-0.3, -0.25) is 0 Å². The summed E-state index contributed by atoms with van der Waals surface area (Å²) in [5, 5.41) is 10.7. The average Bonchev–Trinajstić information content (AvgIpc) is 2.41. The first kappa shape index (κ1) is 14.1. The van der Waals surface area contributed by atoms with Crippen molar-refractivity contribution in [2.75, 3.05) is 0 Å². The smallest absolute Gasteiger partial charge is 0.0899 e. The molecule has 0 aromatic heterocycles. The van der Waals surface area contributed by atoms with E-state index in [1.807, 2.05) is 18.2 Å². The number of hydrogen-bond donors (Lipinski definition) is 1. The zero-order valence-corrected chi connectivity index (χ0v) is 14.1. The second-order valence-corrected chi connectivity index (χ2v) is 6.85. The molecular formula is C17H14Br2O. The summed E-state index contributed by atoms with van der Waals surface area (Å²) in [6.45, 7) is 2.07. The molecule has 3 rings (SSSR count). The Morgan fingerprint density at radius 3 is 2.55 bits per heavy atom. The molecule has 2 aromatic rings. The molecule has 0 radical (unpaired) electrons. The Balaban J connectivity index is 2.05. The van der Waals surface area contributed by atoms with Gasteiger partial charge in [-0.2, -0.15) is 0 Å². The molecule has 0 aliphatic heterocycles. The van der Waals surface area contributed by atoms with Crippen LogP contribution >= 0.6 is 31.9 Å². The first-order valence-electron chi connectivity index (χ1n) is 6.48. The molecule has 1 N–H and O–H groups in total. The molecule has 0 spiro atoms. The second kappa shape index (κ2) is 5.47. The summed E-state index contributed by atoms with van der Waals surface area (Å²) in [6.07, 6.45) is 3.66. The maximum absolute atomic E-state index is 10.7. The number of rotatable bonds is 1. The zero-order chi connectivity index (χ0) is 14.3. The highest BCUT2D eigenvalue weighted by Crippen LogP contribution is 2.41. The number of benzene rings is 2. The maximum Gasteiger partial charge on any atom is 0.0899 e. The predicted octanol–water partition coefficient (Wildman–Crippen LogP) is 5.36. The van der Waals surface area contributed by atoms with Gasteiger partial charge in [0.05, 0.1) is 6.10 Å². The molecule has 20 heavy (non-hydrogen) atoms. The Kier molecular flexibility index (Phi) is 3.85. The van der Waals surface area contributed by atoms with Crippen LogP contribution in [0.1, 0.15) is 34.3 Å². The molecule has 0 bridgehead atoms. The number of hydrogen-bond acceptors (Lipinski definition) is 1. The molecule has 0 saturated carbocycles. The van der Waals surface area contributed by atoms with Gasteiger partial charge in [-0.1, -0.05) is 42.0 Å². The molecule has 0 amide bonds. The lowest BCUT2D eigenvalue weighted by atomic mass is 9.82. The Hall–Kier alpha value is -0.900. The van der Waals surface area contributed by atoms with Crippen molar-refractivity contribution in [1.82, 2.24) is 0 Å². The normalized spacial score (nSPS) is 20.8. The van der Waals surface area contributed by atoms with Crippen molar-refractivity contribution in [3.8, 4) is 0 Å². The van der Waals surface area contributed by atoms with Crippen molar-refractivity contribution in [3.05, 3.63) is 73.7 Å². The largest absolute Gasteiger partial charge is 0.387 e. The Morgan fingerprint density at radius 1 is 1.05 bits per heavy atom. The maximum atomic E-state index is 10.7. The monoisotopic (exact) mass is 392 g/mol. The van der Waals surface area contributed by atoms with E-state index in [9.17, 15) is 5.11 Å². The predicted molar refractivity (Wildman–Crippen MR) is 89.8 cm³/mol. The molecule has 1 aliphatic carbocycles. The highest BCUT2D eigenvalue weighted by Gasteiger charge is 2.26. The van der Waals surface area contributed by atoms with Crippen molar-refractivity contribution in [2.45, 2.75) is 18.9 Å². The summed E-state index contributed by atoms with van der Waals surface area (Å²) in [7, 11) is 0. The van der Waals surface area contributed by atoms with Crippen LogP contribution in [-0.4, -0.2) is 5.11 Å². The lowest BCUT2D eigenvalue weighted by Gasteiger charge is -2.27. The van der Waals surface area contributed by atoms with Crippen LogP contribution in [0.2, 0.25) is 0 Å². The zero-order valence-electron chi connectivity index (χ0n) is 11.0. The van der Waals surface area contributed by atoms with Crippen molar-refractivity contribution >= 4 is 37.9 Å². The first-order chi connectivity index (χ1) is 9.56. The van der Waals surface area contributed by atoms with Gasteiger partial charge in [0.2, 0.25) is 0 Å². The molecule has 2 unspecified atom stereocenters. The van der Waals surface area contributed by atoms with Crippen molar-refractivity contribution < 1.29 is 5.11 Å². The van der Waals surface area contributed by atoms with E-state index in [-0.39, 0.29) is 5.92 Å². The first-order valence-corrected chi connectivity index (χ1v) is 8.06. The number of aliphatic hydroxyl groups is 1. The van der Waals surface area contributed by atoms with Crippen molar-refractivity contribution in [2.24, 2.45) is 0 Å². The number of fused-ring (bicyclic) bond motifs is 1.